The van der Waals surface area contributed by atoms with Gasteiger partial charge in [0.2, 0.25) is 0 Å². The van der Waals surface area contributed by atoms with Gasteiger partial charge in [-0.2, -0.15) is 0 Å². The fourth-order valence-corrected chi connectivity index (χ4v) is 4.65. The van der Waals surface area contributed by atoms with Crippen LogP contribution in [0.3, 0.4) is 0 Å². The highest BCUT2D eigenvalue weighted by Crippen LogP contribution is 2.70. The van der Waals surface area contributed by atoms with Crippen molar-refractivity contribution in [2.24, 2.45) is 11.8 Å². The van der Waals surface area contributed by atoms with Gasteiger partial charge in [-0.1, -0.05) is 19.8 Å². The molecule has 1 rings (SSSR count). The van der Waals surface area contributed by atoms with Gasteiger partial charge in [-0.05, 0) is 18.3 Å². The van der Waals surface area contributed by atoms with Crippen molar-refractivity contribution in [1.82, 2.24) is 0 Å². The molecular formula is C8H18O7P2. The predicted octanol–water partition coefficient (Wildman–Crippen LogP) is 0.814. The van der Waals surface area contributed by atoms with Crippen LogP contribution in [0.4, 0.5) is 0 Å². The van der Waals surface area contributed by atoms with Crippen molar-refractivity contribution in [3.05, 3.63) is 0 Å². The molecule has 7 nitrogen and oxygen atoms in total. The van der Waals surface area contributed by atoms with Crippen molar-refractivity contribution >= 4 is 15.2 Å². The molecule has 2 atom stereocenters. The largest absolute Gasteiger partial charge is 0.369 e. The van der Waals surface area contributed by atoms with Crippen LogP contribution in [0.25, 0.3) is 0 Å². The lowest BCUT2D eigenvalue weighted by Crippen LogP contribution is -2.31. The lowest BCUT2D eigenvalue weighted by molar-refractivity contribution is 0.107. The van der Waals surface area contributed by atoms with E-state index in [0.29, 0.717) is 18.8 Å². The Labute approximate surface area is 99.2 Å². The normalized spacial score (nSPS) is 27.4. The van der Waals surface area contributed by atoms with Crippen LogP contribution in [0.2, 0.25) is 0 Å². The first-order valence-corrected chi connectivity index (χ1v) is 8.53. The summed E-state index contributed by atoms with van der Waals surface area (Å²) in [7, 11) is -10.6. The highest BCUT2D eigenvalue weighted by atomic mass is 31.2. The zero-order valence-electron chi connectivity index (χ0n) is 9.43. The molecule has 5 N–H and O–H groups in total. The summed E-state index contributed by atoms with van der Waals surface area (Å²) in [5.41, 5.74) is 0. The number of hydrogen-bond donors (Lipinski definition) is 5. The molecule has 1 aliphatic rings. The van der Waals surface area contributed by atoms with E-state index in [-0.39, 0.29) is 5.92 Å². The highest BCUT2D eigenvalue weighted by Gasteiger charge is 2.60. The summed E-state index contributed by atoms with van der Waals surface area (Å²) in [6, 6.07) is 0. The molecule has 0 spiro atoms. The topological polar surface area (TPSA) is 135 Å². The predicted molar refractivity (Wildman–Crippen MR) is 60.2 cm³/mol. The SMILES string of the molecule is CC1CCC(CC(O)(P(=O)(O)O)P(=O)(O)O)C1. The van der Waals surface area contributed by atoms with E-state index in [0.717, 1.165) is 6.42 Å². The molecule has 1 fully saturated rings. The van der Waals surface area contributed by atoms with E-state index in [2.05, 4.69) is 0 Å². The van der Waals surface area contributed by atoms with Crippen molar-refractivity contribution in [2.45, 2.75) is 37.7 Å². The van der Waals surface area contributed by atoms with Gasteiger partial charge in [0.25, 0.3) is 5.08 Å². The number of rotatable bonds is 4. The summed E-state index contributed by atoms with van der Waals surface area (Å²) in [5, 5.41) is 6.46. The van der Waals surface area contributed by atoms with Gasteiger partial charge in [-0.15, -0.1) is 0 Å². The Bertz CT molecular complexity index is 348. The minimum atomic E-state index is -5.29. The molecule has 0 aromatic heterocycles. The zero-order chi connectivity index (χ0) is 13.5. The average Bonchev–Trinajstić information content (AvgIpc) is 2.47. The van der Waals surface area contributed by atoms with Gasteiger partial charge in [0.1, 0.15) is 0 Å². The highest BCUT2D eigenvalue weighted by molar-refractivity contribution is 7.72. The second kappa shape index (κ2) is 4.74. The minimum absolute atomic E-state index is 0.268. The van der Waals surface area contributed by atoms with E-state index < -0.39 is 26.7 Å². The third-order valence-electron chi connectivity index (χ3n) is 3.30. The van der Waals surface area contributed by atoms with Gasteiger partial charge in [-0.3, -0.25) is 9.13 Å². The fraction of sp³-hybridized carbons (Fsp3) is 1.00. The Morgan fingerprint density at radius 1 is 1.12 bits per heavy atom. The van der Waals surface area contributed by atoms with E-state index in [1.807, 2.05) is 6.92 Å². The summed E-state index contributed by atoms with van der Waals surface area (Å²) in [5.74, 6) is 0.0769. The Morgan fingerprint density at radius 3 is 1.88 bits per heavy atom. The van der Waals surface area contributed by atoms with Gasteiger partial charge >= 0.3 is 15.2 Å². The van der Waals surface area contributed by atoms with Crippen molar-refractivity contribution in [2.75, 3.05) is 0 Å². The molecule has 9 heteroatoms. The lowest BCUT2D eigenvalue weighted by atomic mass is 10.0. The van der Waals surface area contributed by atoms with Gasteiger partial charge < -0.3 is 24.7 Å². The Kier molecular flexibility index (Phi) is 4.27. The van der Waals surface area contributed by atoms with Crippen molar-refractivity contribution in [3.63, 3.8) is 0 Å². The number of hydrogen-bond acceptors (Lipinski definition) is 3. The smallest absolute Gasteiger partial charge is 0.368 e. The lowest BCUT2D eigenvalue weighted by Gasteiger charge is -2.31. The molecule has 2 unspecified atom stereocenters. The van der Waals surface area contributed by atoms with E-state index in [1.165, 1.54) is 0 Å². The maximum Gasteiger partial charge on any atom is 0.369 e. The molecule has 17 heavy (non-hydrogen) atoms. The fourth-order valence-electron chi connectivity index (χ4n) is 2.31. The molecular weight excluding hydrogens is 270 g/mol. The van der Waals surface area contributed by atoms with Crippen LogP contribution < -0.4 is 0 Å². The maximum atomic E-state index is 11.1. The van der Waals surface area contributed by atoms with Gasteiger partial charge in [0.15, 0.2) is 0 Å². The molecule has 0 heterocycles. The van der Waals surface area contributed by atoms with E-state index >= 15 is 0 Å². The second-order valence-electron chi connectivity index (χ2n) is 4.85. The molecule has 0 amide bonds. The molecule has 0 aromatic carbocycles. The Balaban J connectivity index is 2.94. The first-order chi connectivity index (χ1) is 7.47. The monoisotopic (exact) mass is 288 g/mol. The molecule has 0 aliphatic heterocycles. The van der Waals surface area contributed by atoms with Crippen LogP contribution in [-0.2, 0) is 9.13 Å². The summed E-state index contributed by atoms with van der Waals surface area (Å²) in [4.78, 5) is 35.9. The van der Waals surface area contributed by atoms with Gasteiger partial charge in [0.05, 0.1) is 0 Å². The number of aliphatic hydroxyl groups is 1. The molecule has 0 radical (unpaired) electrons. The summed E-state index contributed by atoms with van der Waals surface area (Å²) in [6.07, 6.45) is 1.50. The molecule has 0 saturated heterocycles. The quantitative estimate of drug-likeness (QED) is 0.483. The molecule has 1 saturated carbocycles. The first-order valence-electron chi connectivity index (χ1n) is 5.31. The van der Waals surface area contributed by atoms with Crippen LogP contribution in [0.15, 0.2) is 0 Å². The molecule has 0 aromatic rings. The molecule has 102 valence electrons. The van der Waals surface area contributed by atoms with E-state index in [1.54, 1.807) is 0 Å². The van der Waals surface area contributed by atoms with Gasteiger partial charge in [-0.25, -0.2) is 0 Å². The molecule has 1 aliphatic carbocycles. The van der Waals surface area contributed by atoms with Crippen LogP contribution in [0.1, 0.15) is 32.6 Å². The standard InChI is InChI=1S/C8H18O7P2/c1-6-2-3-7(4-6)5-8(9,16(10,11)12)17(13,14)15/h6-7,9H,2-5H2,1H3,(H2,10,11,12)(H2,13,14,15). The third kappa shape index (κ3) is 3.18. The van der Waals surface area contributed by atoms with Crippen LogP contribution >= 0.6 is 15.2 Å². The summed E-state index contributed by atoms with van der Waals surface area (Å²) < 4.78 is 22.2. The summed E-state index contributed by atoms with van der Waals surface area (Å²) in [6.45, 7) is 1.95. The van der Waals surface area contributed by atoms with Gasteiger partial charge in [0, 0.05) is 6.42 Å². The Morgan fingerprint density at radius 2 is 1.59 bits per heavy atom. The van der Waals surface area contributed by atoms with Crippen LogP contribution in [0.5, 0.6) is 0 Å². The second-order valence-corrected chi connectivity index (χ2v) is 8.86. The summed E-state index contributed by atoms with van der Waals surface area (Å²) >= 11 is 0. The molecule has 0 bridgehead atoms. The van der Waals surface area contributed by atoms with E-state index in [9.17, 15) is 14.2 Å². The van der Waals surface area contributed by atoms with Crippen molar-refractivity contribution in [3.8, 4) is 0 Å². The van der Waals surface area contributed by atoms with Crippen molar-refractivity contribution < 1.29 is 33.8 Å². The third-order valence-corrected chi connectivity index (χ3v) is 7.09. The first kappa shape index (κ1) is 15.3. The maximum absolute atomic E-state index is 11.1. The minimum Gasteiger partial charge on any atom is -0.368 e. The van der Waals surface area contributed by atoms with Crippen LogP contribution in [-0.4, -0.2) is 29.8 Å². The average molecular weight is 288 g/mol. The van der Waals surface area contributed by atoms with E-state index in [4.69, 9.17) is 19.6 Å². The van der Waals surface area contributed by atoms with Crippen molar-refractivity contribution in [1.29, 1.82) is 0 Å². The van der Waals surface area contributed by atoms with Crippen LogP contribution in [0, 0.1) is 11.8 Å². The Hall–Kier alpha value is 0.260. The zero-order valence-corrected chi connectivity index (χ0v) is 11.2.